The van der Waals surface area contributed by atoms with E-state index in [1.807, 2.05) is 35.0 Å². The van der Waals surface area contributed by atoms with E-state index in [0.29, 0.717) is 33.6 Å². The van der Waals surface area contributed by atoms with Crippen molar-refractivity contribution >= 4 is 37.6 Å². The van der Waals surface area contributed by atoms with Crippen LogP contribution in [0.5, 0.6) is 5.88 Å². The van der Waals surface area contributed by atoms with Gasteiger partial charge in [-0.05, 0) is 61.9 Å². The molecule has 0 atom stereocenters. The van der Waals surface area contributed by atoms with Crippen molar-refractivity contribution < 1.29 is 13.2 Å². The Bertz CT molecular complexity index is 2400. The number of anilines is 1. The van der Waals surface area contributed by atoms with Crippen molar-refractivity contribution in [2.75, 3.05) is 11.8 Å². The molecule has 228 valence electrons. The SMILES string of the molecule is COc1ncc(-c2ccc3ncc4c(c3c2)n(-c2ccc(C(C)(C)C#N)nc2)/c(=N\C#N)n4C)cc1NS(=O)(=O)c1ccccc1. The van der Waals surface area contributed by atoms with Crippen molar-refractivity contribution in [1.82, 2.24) is 24.1 Å². The van der Waals surface area contributed by atoms with E-state index in [0.717, 1.165) is 16.5 Å². The number of methoxy groups -OCH3 is 1. The zero-order valence-electron chi connectivity index (χ0n) is 25.3. The van der Waals surface area contributed by atoms with Crippen LogP contribution in [-0.2, 0) is 22.5 Å². The number of fused-ring (bicyclic) bond motifs is 3. The Morgan fingerprint density at radius 3 is 2.39 bits per heavy atom. The molecule has 0 bridgehead atoms. The lowest BCUT2D eigenvalue weighted by atomic mass is 9.91. The maximum atomic E-state index is 13.1. The third-order valence-corrected chi connectivity index (χ3v) is 9.04. The minimum absolute atomic E-state index is 0.104. The molecule has 46 heavy (non-hydrogen) atoms. The Hall–Kier alpha value is -6.05. The summed E-state index contributed by atoms with van der Waals surface area (Å²) in [6.07, 6.45) is 6.87. The number of pyridine rings is 3. The molecule has 0 aliphatic heterocycles. The summed E-state index contributed by atoms with van der Waals surface area (Å²) < 4.78 is 37.8. The van der Waals surface area contributed by atoms with Crippen LogP contribution in [0.4, 0.5) is 5.69 Å². The molecule has 0 aliphatic carbocycles. The Balaban J connectivity index is 1.54. The number of ether oxygens (including phenoxy) is 1. The average molecular weight is 630 g/mol. The van der Waals surface area contributed by atoms with Crippen LogP contribution in [0.25, 0.3) is 38.8 Å². The number of imidazole rings is 1. The summed E-state index contributed by atoms with van der Waals surface area (Å²) in [7, 11) is -0.698. The van der Waals surface area contributed by atoms with E-state index in [4.69, 9.17) is 4.74 Å². The molecule has 4 heterocycles. The molecule has 0 saturated carbocycles. The molecule has 2 aromatic carbocycles. The first kappa shape index (κ1) is 30.0. The first-order valence-electron chi connectivity index (χ1n) is 14.0. The van der Waals surface area contributed by atoms with Crippen LogP contribution in [0, 0.1) is 22.8 Å². The molecule has 0 aliphatic rings. The van der Waals surface area contributed by atoms with E-state index in [1.165, 1.54) is 19.2 Å². The largest absolute Gasteiger partial charge is 0.480 e. The third kappa shape index (κ3) is 5.19. The van der Waals surface area contributed by atoms with Crippen molar-refractivity contribution in [1.29, 1.82) is 10.5 Å². The number of benzene rings is 2. The lowest BCUT2D eigenvalue weighted by molar-refractivity contribution is 0.400. The normalized spacial score (nSPS) is 12.2. The number of hydrogen-bond acceptors (Lipinski definition) is 9. The summed E-state index contributed by atoms with van der Waals surface area (Å²) in [5.74, 6) is 0.118. The monoisotopic (exact) mass is 629 g/mol. The summed E-state index contributed by atoms with van der Waals surface area (Å²) in [5.41, 5.74) is 4.47. The summed E-state index contributed by atoms with van der Waals surface area (Å²) in [5, 5.41) is 19.9. The van der Waals surface area contributed by atoms with Crippen LogP contribution in [0.15, 0.2) is 95.2 Å². The van der Waals surface area contributed by atoms with E-state index in [9.17, 15) is 18.9 Å². The van der Waals surface area contributed by atoms with Gasteiger partial charge in [0, 0.05) is 24.2 Å². The summed E-state index contributed by atoms with van der Waals surface area (Å²) in [6.45, 7) is 3.59. The van der Waals surface area contributed by atoms with Crippen LogP contribution >= 0.6 is 0 Å². The molecule has 1 N–H and O–H groups in total. The van der Waals surface area contributed by atoms with Crippen LogP contribution in [-0.4, -0.2) is 39.6 Å². The molecule has 0 saturated heterocycles. The Kier molecular flexibility index (Phi) is 7.48. The molecule has 6 rings (SSSR count). The highest BCUT2D eigenvalue weighted by Gasteiger charge is 2.23. The topological polar surface area (TPSA) is 164 Å². The predicted octanol–water partition coefficient (Wildman–Crippen LogP) is 4.97. The van der Waals surface area contributed by atoms with Gasteiger partial charge < -0.3 is 9.30 Å². The van der Waals surface area contributed by atoms with Gasteiger partial charge in [0.2, 0.25) is 17.7 Å². The van der Waals surface area contributed by atoms with Gasteiger partial charge >= 0.3 is 0 Å². The van der Waals surface area contributed by atoms with Gasteiger partial charge in [0.15, 0.2) is 0 Å². The molecule has 4 aromatic heterocycles. The molecule has 0 amide bonds. The molecule has 12 nitrogen and oxygen atoms in total. The summed E-state index contributed by atoms with van der Waals surface area (Å²) in [4.78, 5) is 17.8. The second kappa shape index (κ2) is 11.5. The van der Waals surface area contributed by atoms with E-state index in [-0.39, 0.29) is 16.5 Å². The number of nitrogens with one attached hydrogen (secondary N) is 1. The fraction of sp³-hybridized carbons (Fsp3) is 0.152. The molecule has 0 spiro atoms. The van der Waals surface area contributed by atoms with Gasteiger partial charge in [-0.3, -0.25) is 19.3 Å². The van der Waals surface area contributed by atoms with Gasteiger partial charge in [-0.25, -0.2) is 13.4 Å². The van der Waals surface area contributed by atoms with E-state index in [2.05, 4.69) is 30.7 Å². The van der Waals surface area contributed by atoms with Crippen LogP contribution < -0.4 is 15.1 Å². The molecular formula is C33H27N9O3S. The second-order valence-corrected chi connectivity index (χ2v) is 12.7. The van der Waals surface area contributed by atoms with Gasteiger partial charge in [-0.15, -0.1) is 4.99 Å². The van der Waals surface area contributed by atoms with Crippen molar-refractivity contribution in [3.63, 3.8) is 0 Å². The van der Waals surface area contributed by atoms with Crippen LogP contribution in [0.2, 0.25) is 0 Å². The van der Waals surface area contributed by atoms with E-state index >= 15 is 0 Å². The van der Waals surface area contributed by atoms with Gasteiger partial charge in [-0.1, -0.05) is 24.3 Å². The maximum Gasteiger partial charge on any atom is 0.262 e. The lowest BCUT2D eigenvalue weighted by Crippen LogP contribution is -2.23. The Morgan fingerprint density at radius 1 is 0.935 bits per heavy atom. The summed E-state index contributed by atoms with van der Waals surface area (Å²) >= 11 is 0. The molecule has 6 aromatic rings. The number of sulfonamides is 1. The minimum Gasteiger partial charge on any atom is -0.480 e. The number of rotatable bonds is 7. The molecule has 0 unspecified atom stereocenters. The van der Waals surface area contributed by atoms with E-state index in [1.54, 1.807) is 74.4 Å². The predicted molar refractivity (Wildman–Crippen MR) is 172 cm³/mol. The zero-order valence-corrected chi connectivity index (χ0v) is 26.1. The van der Waals surface area contributed by atoms with Crippen molar-refractivity contribution in [3.05, 3.63) is 96.6 Å². The summed E-state index contributed by atoms with van der Waals surface area (Å²) in [6, 6.07) is 21.2. The van der Waals surface area contributed by atoms with Crippen molar-refractivity contribution in [3.8, 4) is 35.0 Å². The van der Waals surface area contributed by atoms with Crippen molar-refractivity contribution in [2.45, 2.75) is 24.2 Å². The molecule has 0 radical (unpaired) electrons. The standard InChI is InChI=1S/C33H27N9O3S/c1-33(2,19-34)29-13-11-23(17-37-29)42-30-25-14-21(10-12-26(25)36-18-28(30)41(3)32(42)39-20-35)22-15-27(31(45-4)38-16-22)40-46(43,44)24-8-6-5-7-9-24/h5-18,40H,1-4H3/b39-32-. The molecule has 0 fully saturated rings. The smallest absolute Gasteiger partial charge is 0.262 e. The molecule has 13 heteroatoms. The number of hydrogen-bond donors (Lipinski definition) is 1. The fourth-order valence-corrected chi connectivity index (χ4v) is 6.26. The highest BCUT2D eigenvalue weighted by molar-refractivity contribution is 7.92. The first-order valence-corrected chi connectivity index (χ1v) is 15.5. The maximum absolute atomic E-state index is 13.1. The Morgan fingerprint density at radius 2 is 1.72 bits per heavy atom. The first-order chi connectivity index (χ1) is 22.1. The molecular weight excluding hydrogens is 602 g/mol. The van der Waals surface area contributed by atoms with Crippen molar-refractivity contribution in [2.24, 2.45) is 12.0 Å². The third-order valence-electron chi connectivity index (χ3n) is 7.66. The highest BCUT2D eigenvalue weighted by atomic mass is 32.2. The second-order valence-electron chi connectivity index (χ2n) is 11.0. The van der Waals surface area contributed by atoms with Crippen LogP contribution in [0.1, 0.15) is 19.5 Å². The van der Waals surface area contributed by atoms with Gasteiger partial charge in [0.05, 0.1) is 63.8 Å². The quantitative estimate of drug-likeness (QED) is 0.242. The lowest BCUT2D eigenvalue weighted by Gasteiger charge is -2.15. The number of nitriles is 2. The zero-order chi connectivity index (χ0) is 32.6. The average Bonchev–Trinajstić information content (AvgIpc) is 3.36. The fourth-order valence-electron chi connectivity index (χ4n) is 5.19. The van der Waals surface area contributed by atoms with Gasteiger partial charge in [-0.2, -0.15) is 10.5 Å². The van der Waals surface area contributed by atoms with Gasteiger partial charge in [0.25, 0.3) is 10.0 Å². The highest BCUT2D eigenvalue weighted by Crippen LogP contribution is 2.33. The number of aryl methyl sites for hydroxylation is 1. The Labute approximate surface area is 264 Å². The minimum atomic E-state index is -3.91. The van der Waals surface area contributed by atoms with E-state index < -0.39 is 15.4 Å². The van der Waals surface area contributed by atoms with Gasteiger partial charge in [0.1, 0.15) is 5.69 Å². The number of aromatic nitrogens is 5. The van der Waals surface area contributed by atoms with Crippen LogP contribution in [0.3, 0.4) is 0 Å². The number of nitrogens with zero attached hydrogens (tertiary/aromatic N) is 8.